The number of carbonyl (C=O) groups is 3. The van der Waals surface area contributed by atoms with Gasteiger partial charge in [-0.15, -0.1) is 0 Å². The average molecular weight is 343 g/mol. The lowest BCUT2D eigenvalue weighted by Gasteiger charge is -2.44. The number of nitrogens with zero attached hydrogens (tertiary/aromatic N) is 1. The number of carboxylic acids is 1. The van der Waals surface area contributed by atoms with Crippen LogP contribution in [0.4, 0.5) is 4.79 Å². The first-order valence-electron chi connectivity index (χ1n) is 7.35. The largest absolute Gasteiger partial charge is 0.477 e. The summed E-state index contributed by atoms with van der Waals surface area (Å²) in [6.07, 6.45) is -0.323. The Balaban J connectivity index is 2.02. The molecule has 23 heavy (non-hydrogen) atoms. The number of nitrogens with two attached hydrogens (primary N) is 1. The molecule has 2 heterocycles. The van der Waals surface area contributed by atoms with Crippen molar-refractivity contribution in [2.24, 2.45) is 11.7 Å². The summed E-state index contributed by atoms with van der Waals surface area (Å²) in [5.41, 5.74) is 5.74. The van der Waals surface area contributed by atoms with Crippen molar-refractivity contribution in [1.29, 1.82) is 0 Å². The van der Waals surface area contributed by atoms with Crippen molar-refractivity contribution in [3.63, 3.8) is 0 Å². The van der Waals surface area contributed by atoms with Gasteiger partial charge in [-0.1, -0.05) is 6.92 Å². The Morgan fingerprint density at radius 1 is 1.48 bits per heavy atom. The molecule has 2 aliphatic heterocycles. The van der Waals surface area contributed by atoms with E-state index in [1.54, 1.807) is 6.92 Å². The van der Waals surface area contributed by atoms with Crippen LogP contribution in [-0.2, 0) is 9.59 Å². The van der Waals surface area contributed by atoms with E-state index in [0.717, 1.165) is 0 Å². The Labute approximate surface area is 138 Å². The van der Waals surface area contributed by atoms with Gasteiger partial charge < -0.3 is 26.2 Å². The molecule has 128 valence electrons. The molecule has 0 radical (unpaired) electrons. The quantitative estimate of drug-likeness (QED) is 0.470. The van der Waals surface area contributed by atoms with E-state index in [-0.39, 0.29) is 22.9 Å². The first kappa shape index (κ1) is 17.6. The summed E-state index contributed by atoms with van der Waals surface area (Å²) in [5, 5.41) is 21.6. The number of carboxylic acid groups (broad SMARTS) is 1. The maximum Gasteiger partial charge on any atom is 0.352 e. The summed E-state index contributed by atoms with van der Waals surface area (Å²) in [4.78, 5) is 35.5. The summed E-state index contributed by atoms with van der Waals surface area (Å²) in [7, 11) is 0. The van der Waals surface area contributed by atoms with Crippen LogP contribution in [0, 0.1) is 5.92 Å². The van der Waals surface area contributed by atoms with E-state index < -0.39 is 24.0 Å². The number of urea groups is 1. The highest BCUT2D eigenvalue weighted by molar-refractivity contribution is 8.00. The van der Waals surface area contributed by atoms with Crippen LogP contribution in [0.5, 0.6) is 0 Å². The second-order valence-corrected chi connectivity index (χ2v) is 7.30. The molecule has 2 rings (SSSR count). The minimum atomic E-state index is -1.12. The molecule has 0 aromatic heterocycles. The normalized spacial score (nSPS) is 25.7. The molecule has 0 aromatic rings. The van der Waals surface area contributed by atoms with Gasteiger partial charge in [0.2, 0.25) is 5.91 Å². The Morgan fingerprint density at radius 3 is 2.65 bits per heavy atom. The highest BCUT2D eigenvalue weighted by atomic mass is 32.2. The Morgan fingerprint density at radius 2 is 2.13 bits per heavy atom. The third-order valence-corrected chi connectivity index (χ3v) is 5.38. The van der Waals surface area contributed by atoms with Crippen LogP contribution in [-0.4, -0.2) is 62.7 Å². The molecular weight excluding hydrogens is 322 g/mol. The third-order valence-electron chi connectivity index (χ3n) is 4.13. The summed E-state index contributed by atoms with van der Waals surface area (Å²) in [5.74, 6) is -1.52. The number of thioether (sulfide) groups is 1. The Kier molecular flexibility index (Phi) is 5.20. The zero-order valence-corrected chi connectivity index (χ0v) is 13.8. The molecule has 0 aromatic carbocycles. The van der Waals surface area contributed by atoms with Crippen LogP contribution < -0.4 is 11.1 Å². The fourth-order valence-corrected chi connectivity index (χ4v) is 3.98. The minimum Gasteiger partial charge on any atom is -0.477 e. The van der Waals surface area contributed by atoms with Gasteiger partial charge in [0, 0.05) is 17.5 Å². The summed E-state index contributed by atoms with van der Waals surface area (Å²) in [6, 6.07) is -0.860. The summed E-state index contributed by atoms with van der Waals surface area (Å²) < 4.78 is 0. The number of rotatable bonds is 7. The predicted molar refractivity (Wildman–Crippen MR) is 84.6 cm³/mol. The van der Waals surface area contributed by atoms with Gasteiger partial charge in [0.1, 0.15) is 5.70 Å². The molecule has 1 saturated heterocycles. The number of hydrogen-bond donors (Lipinski definition) is 4. The van der Waals surface area contributed by atoms with Crippen molar-refractivity contribution in [1.82, 2.24) is 10.2 Å². The Hall–Kier alpha value is -1.74. The molecule has 9 heteroatoms. The van der Waals surface area contributed by atoms with E-state index in [9.17, 15) is 24.6 Å². The molecule has 8 nitrogen and oxygen atoms in total. The van der Waals surface area contributed by atoms with E-state index in [4.69, 9.17) is 5.73 Å². The predicted octanol–water partition coefficient (Wildman–Crippen LogP) is -0.273. The number of amides is 3. The molecule has 4 atom stereocenters. The monoisotopic (exact) mass is 343 g/mol. The number of hydrogen-bond acceptors (Lipinski definition) is 5. The molecule has 3 amide bonds. The average Bonchev–Trinajstić information content (AvgIpc) is 2.76. The van der Waals surface area contributed by atoms with Crippen molar-refractivity contribution in [2.45, 2.75) is 37.7 Å². The van der Waals surface area contributed by atoms with Gasteiger partial charge in [-0.2, -0.15) is 11.8 Å². The lowest BCUT2D eigenvalue weighted by Crippen LogP contribution is -2.61. The van der Waals surface area contributed by atoms with Crippen molar-refractivity contribution < 1.29 is 24.6 Å². The maximum atomic E-state index is 12.1. The van der Waals surface area contributed by atoms with E-state index in [0.29, 0.717) is 24.3 Å². The molecular formula is C14H21N3O5S. The number of nitrogens with one attached hydrogen (secondary N) is 1. The zero-order chi connectivity index (χ0) is 17.3. The second kappa shape index (κ2) is 6.79. The SMILES string of the molecule is CC(CNC(N)=O)SCC1=C(C(=O)O)N2C(=O)C(C(C)O)C2C1. The lowest BCUT2D eigenvalue weighted by molar-refractivity contribution is -0.161. The maximum absolute atomic E-state index is 12.1. The third kappa shape index (κ3) is 3.45. The molecule has 1 fully saturated rings. The van der Waals surface area contributed by atoms with Crippen LogP contribution in [0.15, 0.2) is 11.3 Å². The molecule has 0 saturated carbocycles. The molecule has 5 N–H and O–H groups in total. The fraction of sp³-hybridized carbons (Fsp3) is 0.643. The summed E-state index contributed by atoms with van der Waals surface area (Å²) in [6.45, 7) is 3.83. The van der Waals surface area contributed by atoms with Crippen LogP contribution in [0.3, 0.4) is 0 Å². The van der Waals surface area contributed by atoms with Gasteiger partial charge in [0.05, 0.1) is 18.1 Å². The number of carbonyl (C=O) groups excluding carboxylic acids is 2. The van der Waals surface area contributed by atoms with Gasteiger partial charge in [-0.3, -0.25) is 4.79 Å². The number of fused-ring (bicyclic) bond motifs is 1. The van der Waals surface area contributed by atoms with Crippen LogP contribution in [0.2, 0.25) is 0 Å². The topological polar surface area (TPSA) is 133 Å². The van der Waals surface area contributed by atoms with Crippen LogP contribution in [0.1, 0.15) is 20.3 Å². The summed E-state index contributed by atoms with van der Waals surface area (Å²) >= 11 is 1.49. The first-order chi connectivity index (χ1) is 10.7. The zero-order valence-electron chi connectivity index (χ0n) is 13.0. The van der Waals surface area contributed by atoms with Gasteiger partial charge in [-0.05, 0) is 18.9 Å². The fourth-order valence-electron chi connectivity index (χ4n) is 3.04. The molecule has 0 aliphatic carbocycles. The van der Waals surface area contributed by atoms with Crippen molar-refractivity contribution >= 4 is 29.7 Å². The van der Waals surface area contributed by atoms with Gasteiger partial charge in [-0.25, -0.2) is 9.59 Å². The highest BCUT2D eigenvalue weighted by Crippen LogP contribution is 2.44. The number of aliphatic hydroxyl groups is 1. The highest BCUT2D eigenvalue weighted by Gasteiger charge is 2.56. The second-order valence-electron chi connectivity index (χ2n) is 5.87. The van der Waals surface area contributed by atoms with Crippen LogP contribution in [0.25, 0.3) is 0 Å². The van der Waals surface area contributed by atoms with E-state index in [2.05, 4.69) is 5.32 Å². The molecule has 0 bridgehead atoms. The lowest BCUT2D eigenvalue weighted by atomic mass is 9.83. The number of β-lactam (4-membered cyclic amide) rings is 1. The van der Waals surface area contributed by atoms with Crippen molar-refractivity contribution in [2.75, 3.05) is 12.3 Å². The van der Waals surface area contributed by atoms with Crippen molar-refractivity contribution in [3.8, 4) is 0 Å². The first-order valence-corrected chi connectivity index (χ1v) is 8.40. The molecule has 2 aliphatic rings. The van der Waals surface area contributed by atoms with Crippen LogP contribution >= 0.6 is 11.8 Å². The number of aliphatic carboxylic acids is 1. The molecule has 0 spiro atoms. The van der Waals surface area contributed by atoms with Gasteiger partial charge in [0.15, 0.2) is 0 Å². The van der Waals surface area contributed by atoms with Gasteiger partial charge in [0.25, 0.3) is 0 Å². The van der Waals surface area contributed by atoms with E-state index in [1.807, 2.05) is 6.92 Å². The van der Waals surface area contributed by atoms with E-state index in [1.165, 1.54) is 16.7 Å². The smallest absolute Gasteiger partial charge is 0.352 e. The minimum absolute atomic E-state index is 0.0412. The Bertz CT molecular complexity index is 563. The van der Waals surface area contributed by atoms with Crippen molar-refractivity contribution in [3.05, 3.63) is 11.3 Å². The van der Waals surface area contributed by atoms with E-state index >= 15 is 0 Å². The molecule has 4 unspecified atom stereocenters. The van der Waals surface area contributed by atoms with Gasteiger partial charge >= 0.3 is 12.0 Å². The number of primary amides is 1. The standard InChI is InChI=1S/C14H21N3O5S/c1-6(4-16-14(15)22)23-5-8-3-9-10(7(2)18)12(19)17(9)11(8)13(20)21/h6-7,9-10,18H,3-5H2,1-2H3,(H,20,21)(H3,15,16,22). The number of aliphatic hydroxyl groups excluding tert-OH is 1.